The first-order chi connectivity index (χ1) is 25.1. The summed E-state index contributed by atoms with van der Waals surface area (Å²) in [7, 11) is 1.54. The van der Waals surface area contributed by atoms with Crippen molar-refractivity contribution in [3.63, 3.8) is 0 Å². The summed E-state index contributed by atoms with van der Waals surface area (Å²) in [5.41, 5.74) is 3.99. The van der Waals surface area contributed by atoms with Crippen LogP contribution >= 0.6 is 34.8 Å². The molecule has 2 heterocycles. The molecule has 0 saturated carbocycles. The highest BCUT2D eigenvalue weighted by Crippen LogP contribution is 2.41. The molecule has 0 atom stereocenters. The molecule has 15 heteroatoms. The molecule has 0 spiro atoms. The Labute approximate surface area is 318 Å². The molecular weight excluding hydrogens is 729 g/mol. The van der Waals surface area contributed by atoms with Gasteiger partial charge in [0.15, 0.2) is 0 Å². The van der Waals surface area contributed by atoms with E-state index in [1.807, 2.05) is 12.1 Å². The van der Waals surface area contributed by atoms with Crippen molar-refractivity contribution in [2.75, 3.05) is 38.6 Å². The van der Waals surface area contributed by atoms with Gasteiger partial charge in [0.25, 0.3) is 5.91 Å². The van der Waals surface area contributed by atoms with Crippen molar-refractivity contribution < 1.29 is 23.9 Å². The predicted molar refractivity (Wildman–Crippen MR) is 204 cm³/mol. The number of methoxy groups -OCH3 is 1. The molecule has 3 amide bonds. The first-order valence-electron chi connectivity index (χ1n) is 16.7. The minimum Gasteiger partial charge on any atom is -0.486 e. The molecule has 0 unspecified atom stereocenters. The number of carbonyl (C=O) groups is 3. The molecule has 0 aliphatic carbocycles. The third-order valence-electron chi connectivity index (χ3n) is 7.66. The summed E-state index contributed by atoms with van der Waals surface area (Å²) in [4.78, 5) is 44.0. The van der Waals surface area contributed by atoms with Gasteiger partial charge < -0.3 is 36.1 Å². The van der Waals surface area contributed by atoms with Gasteiger partial charge in [-0.05, 0) is 55.8 Å². The smallest absolute Gasteiger partial charge is 0.274 e. The standard InChI is InChI=1S/C37H42Cl3N7O5/c1-23(48)43-16-6-14-41-19-25-12-13-31(45-20-25)36(50)46-30-10-4-8-27(34(30)39)28-9-5-11-33(35(28)40)52-22-32-29(38)18-26(37(47-32)51-3)21-42-15-7-17-44-24(2)49/h4-5,8-13,18,20,41-42H,6-7,14-17,19,21-22H2,1-3H3,(H,43,48)(H,44,49)(H,46,50). The van der Waals surface area contributed by atoms with E-state index in [4.69, 9.17) is 44.3 Å². The fourth-order valence-electron chi connectivity index (χ4n) is 5.02. The minimum absolute atomic E-state index is 0.0209. The Morgan fingerprint density at radius 1 is 0.788 bits per heavy atom. The minimum atomic E-state index is -0.416. The molecule has 276 valence electrons. The zero-order valence-corrected chi connectivity index (χ0v) is 31.5. The van der Waals surface area contributed by atoms with Crippen LogP contribution < -0.4 is 36.1 Å². The summed E-state index contributed by atoms with van der Waals surface area (Å²) < 4.78 is 11.6. The highest BCUT2D eigenvalue weighted by atomic mass is 35.5. The number of amides is 3. The second-order valence-electron chi connectivity index (χ2n) is 11.7. The van der Waals surface area contributed by atoms with Crippen LogP contribution in [0.15, 0.2) is 60.8 Å². The Hall–Kier alpha value is -4.46. The molecule has 5 N–H and O–H groups in total. The van der Waals surface area contributed by atoms with Crippen LogP contribution in [0, 0.1) is 0 Å². The number of hydrogen-bond donors (Lipinski definition) is 5. The van der Waals surface area contributed by atoms with Crippen molar-refractivity contribution in [2.45, 2.75) is 46.4 Å². The molecule has 4 aromatic rings. The number of benzene rings is 2. The second kappa shape index (κ2) is 20.5. The van der Waals surface area contributed by atoms with E-state index in [0.29, 0.717) is 81.9 Å². The molecule has 0 saturated heterocycles. The quantitative estimate of drug-likeness (QED) is 0.0704. The zero-order valence-electron chi connectivity index (χ0n) is 29.2. The number of nitrogens with zero attached hydrogens (tertiary/aromatic N) is 2. The van der Waals surface area contributed by atoms with Gasteiger partial charge in [0.05, 0.1) is 27.9 Å². The normalized spacial score (nSPS) is 10.8. The summed E-state index contributed by atoms with van der Waals surface area (Å²) in [5, 5.41) is 16.0. The van der Waals surface area contributed by atoms with Crippen LogP contribution in [0.4, 0.5) is 5.69 Å². The number of hydrogen-bond acceptors (Lipinski definition) is 9. The molecule has 2 aromatic carbocycles. The summed E-state index contributed by atoms with van der Waals surface area (Å²) in [6.07, 6.45) is 3.22. The van der Waals surface area contributed by atoms with Gasteiger partial charge in [0.1, 0.15) is 23.7 Å². The molecule has 0 aliphatic rings. The highest BCUT2D eigenvalue weighted by molar-refractivity contribution is 6.39. The fourth-order valence-corrected chi connectivity index (χ4v) is 5.81. The van der Waals surface area contributed by atoms with E-state index in [2.05, 4.69) is 36.6 Å². The molecule has 4 rings (SSSR count). The fraction of sp³-hybridized carbons (Fsp3) is 0.324. The average Bonchev–Trinajstić information content (AvgIpc) is 3.12. The van der Waals surface area contributed by atoms with Crippen LogP contribution in [-0.4, -0.2) is 61.0 Å². The monoisotopic (exact) mass is 769 g/mol. The Morgan fingerprint density at radius 3 is 2.08 bits per heavy atom. The maximum Gasteiger partial charge on any atom is 0.274 e. The molecule has 0 fully saturated rings. The van der Waals surface area contributed by atoms with E-state index in [-0.39, 0.29) is 24.1 Å². The molecule has 0 radical (unpaired) electrons. The van der Waals surface area contributed by atoms with Crippen LogP contribution in [0.1, 0.15) is 54.0 Å². The lowest BCUT2D eigenvalue weighted by atomic mass is 10.0. The lowest BCUT2D eigenvalue weighted by molar-refractivity contribution is -0.119. The summed E-state index contributed by atoms with van der Waals surface area (Å²) in [5.74, 6) is 0.279. The van der Waals surface area contributed by atoms with Gasteiger partial charge in [-0.15, -0.1) is 0 Å². The first-order valence-corrected chi connectivity index (χ1v) is 17.8. The van der Waals surface area contributed by atoms with Gasteiger partial charge in [-0.1, -0.05) is 65.1 Å². The summed E-state index contributed by atoms with van der Waals surface area (Å²) in [6.45, 7) is 6.68. The van der Waals surface area contributed by atoms with Crippen LogP contribution in [0.5, 0.6) is 11.6 Å². The van der Waals surface area contributed by atoms with E-state index in [1.54, 1.807) is 48.7 Å². The largest absolute Gasteiger partial charge is 0.486 e. The zero-order chi connectivity index (χ0) is 37.5. The Bertz CT molecular complexity index is 1840. The van der Waals surface area contributed by atoms with Crippen molar-refractivity contribution in [3.05, 3.63) is 98.4 Å². The van der Waals surface area contributed by atoms with E-state index in [1.165, 1.54) is 21.0 Å². The number of halogens is 3. The van der Waals surface area contributed by atoms with Crippen LogP contribution in [0.3, 0.4) is 0 Å². The molecule has 0 bridgehead atoms. The lowest BCUT2D eigenvalue weighted by Crippen LogP contribution is -2.25. The SMILES string of the molecule is COc1nc(COc2cccc(-c3cccc(NC(=O)c4ccc(CNCCCNC(C)=O)cn4)c3Cl)c2Cl)c(Cl)cc1CNCCCNC(C)=O. The van der Waals surface area contributed by atoms with Crippen LogP contribution in [-0.2, 0) is 29.3 Å². The van der Waals surface area contributed by atoms with Crippen LogP contribution in [0.2, 0.25) is 15.1 Å². The summed E-state index contributed by atoms with van der Waals surface area (Å²) in [6, 6.07) is 15.9. The van der Waals surface area contributed by atoms with Crippen molar-refractivity contribution in [1.29, 1.82) is 0 Å². The number of ether oxygens (including phenoxy) is 2. The number of aromatic nitrogens is 2. The molecule has 52 heavy (non-hydrogen) atoms. The molecule has 12 nitrogen and oxygen atoms in total. The van der Waals surface area contributed by atoms with Gasteiger partial charge >= 0.3 is 0 Å². The molecule has 0 aliphatic heterocycles. The van der Waals surface area contributed by atoms with Crippen molar-refractivity contribution in [3.8, 4) is 22.8 Å². The maximum atomic E-state index is 13.1. The predicted octanol–water partition coefficient (Wildman–Crippen LogP) is 6.18. The number of anilines is 1. The van der Waals surface area contributed by atoms with Crippen molar-refractivity contribution >= 4 is 58.2 Å². The van der Waals surface area contributed by atoms with E-state index < -0.39 is 5.91 Å². The molecular formula is C37H42Cl3N7O5. The van der Waals surface area contributed by atoms with E-state index in [0.717, 1.165) is 30.5 Å². The number of rotatable bonds is 19. The van der Waals surface area contributed by atoms with E-state index >= 15 is 0 Å². The molecule has 2 aromatic heterocycles. The lowest BCUT2D eigenvalue weighted by Gasteiger charge is -2.16. The Kier molecular flexibility index (Phi) is 15.9. The number of carbonyl (C=O) groups excluding carboxylic acids is 3. The topological polar surface area (TPSA) is 156 Å². The number of pyridine rings is 2. The van der Waals surface area contributed by atoms with Gasteiger partial charge in [-0.2, -0.15) is 0 Å². The van der Waals surface area contributed by atoms with E-state index in [9.17, 15) is 14.4 Å². The van der Waals surface area contributed by atoms with Gasteiger partial charge in [0, 0.05) is 62.9 Å². The van der Waals surface area contributed by atoms with Gasteiger partial charge in [-0.25, -0.2) is 4.98 Å². The van der Waals surface area contributed by atoms with Crippen molar-refractivity contribution in [1.82, 2.24) is 31.2 Å². The Balaban J connectivity index is 1.37. The van der Waals surface area contributed by atoms with Crippen LogP contribution in [0.25, 0.3) is 11.1 Å². The summed E-state index contributed by atoms with van der Waals surface area (Å²) >= 11 is 20.3. The number of nitrogens with one attached hydrogen (secondary N) is 5. The Morgan fingerprint density at radius 2 is 1.44 bits per heavy atom. The second-order valence-corrected chi connectivity index (χ2v) is 12.9. The first kappa shape index (κ1) is 40.3. The average molecular weight is 771 g/mol. The third-order valence-corrected chi connectivity index (χ3v) is 8.78. The van der Waals surface area contributed by atoms with Crippen molar-refractivity contribution in [2.24, 2.45) is 0 Å². The highest BCUT2D eigenvalue weighted by Gasteiger charge is 2.18. The maximum absolute atomic E-state index is 13.1. The van der Waals surface area contributed by atoms with Gasteiger partial charge in [-0.3, -0.25) is 19.4 Å². The third kappa shape index (κ3) is 12.1. The van der Waals surface area contributed by atoms with Gasteiger partial charge in [0.2, 0.25) is 17.7 Å².